The van der Waals surface area contributed by atoms with Crippen molar-refractivity contribution < 1.29 is 14.3 Å². The third-order valence-electron chi connectivity index (χ3n) is 6.12. The van der Waals surface area contributed by atoms with Crippen LogP contribution < -0.4 is 5.32 Å². The van der Waals surface area contributed by atoms with Crippen LogP contribution in [0.5, 0.6) is 0 Å². The van der Waals surface area contributed by atoms with Crippen molar-refractivity contribution in [2.45, 2.75) is 44.4 Å². The highest BCUT2D eigenvalue weighted by molar-refractivity contribution is 7.17. The molecule has 2 aliphatic carbocycles. The molecule has 0 aliphatic heterocycles. The molecule has 1 N–H and O–H groups in total. The highest BCUT2D eigenvalue weighted by atomic mass is 32.1. The van der Waals surface area contributed by atoms with Gasteiger partial charge in [-0.2, -0.15) is 0 Å². The van der Waals surface area contributed by atoms with Gasteiger partial charge in [0.25, 0.3) is 5.91 Å². The van der Waals surface area contributed by atoms with Crippen LogP contribution in [-0.2, 0) is 17.6 Å². The fourth-order valence-corrected chi connectivity index (χ4v) is 5.98. The van der Waals surface area contributed by atoms with Crippen LogP contribution >= 0.6 is 11.3 Å². The lowest BCUT2D eigenvalue weighted by Crippen LogP contribution is -2.16. The first-order chi connectivity index (χ1) is 15.2. The summed E-state index contributed by atoms with van der Waals surface area (Å²) in [6, 6.07) is 17.6. The minimum absolute atomic E-state index is 0.198. The van der Waals surface area contributed by atoms with Crippen molar-refractivity contribution in [3.05, 3.63) is 87.3 Å². The Kier molecular flexibility index (Phi) is 5.36. The van der Waals surface area contributed by atoms with E-state index in [9.17, 15) is 9.59 Å². The number of anilines is 1. The lowest BCUT2D eigenvalue weighted by molar-refractivity contribution is 0.0526. The molecule has 158 valence electrons. The first-order valence-corrected chi connectivity index (χ1v) is 11.7. The average molecular weight is 432 g/mol. The minimum atomic E-state index is -0.333. The van der Waals surface area contributed by atoms with Gasteiger partial charge < -0.3 is 10.1 Å². The summed E-state index contributed by atoms with van der Waals surface area (Å²) in [6.07, 6.45) is 4.12. The van der Waals surface area contributed by atoms with E-state index in [2.05, 4.69) is 29.6 Å². The Morgan fingerprint density at radius 3 is 2.23 bits per heavy atom. The molecule has 4 nitrogen and oxygen atoms in total. The predicted molar refractivity (Wildman–Crippen MR) is 123 cm³/mol. The number of esters is 1. The lowest BCUT2D eigenvalue weighted by Gasteiger charge is -2.14. The molecule has 31 heavy (non-hydrogen) atoms. The monoisotopic (exact) mass is 431 g/mol. The molecular formula is C26H25NO3S. The van der Waals surface area contributed by atoms with E-state index in [0.29, 0.717) is 28.7 Å². The van der Waals surface area contributed by atoms with E-state index in [0.717, 1.165) is 31.2 Å². The molecule has 1 aromatic heterocycles. The molecule has 1 amide bonds. The van der Waals surface area contributed by atoms with Crippen LogP contribution in [0.15, 0.2) is 54.6 Å². The fraction of sp³-hybridized carbons (Fsp3) is 0.308. The van der Waals surface area contributed by atoms with Gasteiger partial charge >= 0.3 is 5.97 Å². The van der Waals surface area contributed by atoms with Gasteiger partial charge in [0.05, 0.1) is 12.2 Å². The lowest BCUT2D eigenvalue weighted by atomic mass is 9.91. The van der Waals surface area contributed by atoms with Crippen LogP contribution in [0.4, 0.5) is 5.00 Å². The predicted octanol–water partition coefficient (Wildman–Crippen LogP) is 5.94. The summed E-state index contributed by atoms with van der Waals surface area (Å²) in [6.45, 7) is 2.13. The Morgan fingerprint density at radius 1 is 0.968 bits per heavy atom. The van der Waals surface area contributed by atoms with E-state index in [-0.39, 0.29) is 17.8 Å². The van der Waals surface area contributed by atoms with Gasteiger partial charge in [-0.1, -0.05) is 42.5 Å². The number of benzene rings is 2. The van der Waals surface area contributed by atoms with E-state index < -0.39 is 0 Å². The largest absolute Gasteiger partial charge is 0.462 e. The number of hydrogen-bond donors (Lipinski definition) is 1. The second kappa shape index (κ2) is 8.31. The second-order valence-corrected chi connectivity index (χ2v) is 9.33. The van der Waals surface area contributed by atoms with Crippen LogP contribution in [0.2, 0.25) is 0 Å². The van der Waals surface area contributed by atoms with Gasteiger partial charge in [0.1, 0.15) is 5.00 Å². The van der Waals surface area contributed by atoms with Gasteiger partial charge in [-0.15, -0.1) is 11.3 Å². The first kappa shape index (κ1) is 20.0. The third kappa shape index (κ3) is 3.90. The van der Waals surface area contributed by atoms with Crippen LogP contribution in [0, 0.1) is 0 Å². The number of hydrogen-bond acceptors (Lipinski definition) is 4. The number of fused-ring (bicyclic) bond motifs is 1. The molecule has 1 fully saturated rings. The number of carbonyl (C=O) groups is 2. The Morgan fingerprint density at radius 2 is 1.61 bits per heavy atom. The maximum Gasteiger partial charge on any atom is 0.341 e. The van der Waals surface area contributed by atoms with Gasteiger partial charge in [-0.3, -0.25) is 4.79 Å². The molecule has 2 aliphatic rings. The topological polar surface area (TPSA) is 55.4 Å². The normalized spacial score (nSPS) is 15.5. The standard InChI is InChI=1S/C26H25NO3S/c1-2-30-26(29)22-21(20-14-18-10-6-7-11-19(18)15-20)23(16-12-13-16)31-25(22)27-24(28)17-8-4-3-5-9-17/h3-11,16,20H,2,12-15H2,1H3,(H,27,28). The molecule has 0 bridgehead atoms. The van der Waals surface area contributed by atoms with Crippen LogP contribution in [0.1, 0.15) is 73.9 Å². The van der Waals surface area contributed by atoms with E-state index in [1.807, 2.05) is 25.1 Å². The van der Waals surface area contributed by atoms with Crippen molar-refractivity contribution in [2.24, 2.45) is 0 Å². The first-order valence-electron chi connectivity index (χ1n) is 10.9. The summed E-state index contributed by atoms with van der Waals surface area (Å²) in [5, 5.41) is 3.66. The molecule has 0 unspecified atom stereocenters. The average Bonchev–Trinajstić information content (AvgIpc) is 3.43. The van der Waals surface area contributed by atoms with Crippen molar-refractivity contribution in [1.82, 2.24) is 0 Å². The van der Waals surface area contributed by atoms with Crippen molar-refractivity contribution in [3.8, 4) is 0 Å². The van der Waals surface area contributed by atoms with E-state index in [4.69, 9.17) is 4.74 Å². The number of ether oxygens (including phenoxy) is 1. The number of nitrogens with one attached hydrogen (secondary N) is 1. The van der Waals surface area contributed by atoms with Crippen molar-refractivity contribution >= 4 is 28.2 Å². The SMILES string of the molecule is CCOC(=O)c1c(NC(=O)c2ccccc2)sc(C2CC2)c1C1Cc2ccccc2C1. The molecule has 0 spiro atoms. The zero-order valence-corrected chi connectivity index (χ0v) is 18.3. The Balaban J connectivity index is 1.56. The molecule has 5 heteroatoms. The Labute approximate surface area is 186 Å². The molecule has 2 aromatic carbocycles. The minimum Gasteiger partial charge on any atom is -0.462 e. The fourth-order valence-electron chi connectivity index (χ4n) is 4.54. The maximum absolute atomic E-state index is 13.1. The summed E-state index contributed by atoms with van der Waals surface area (Å²) in [4.78, 5) is 27.3. The summed E-state index contributed by atoms with van der Waals surface area (Å²) in [5.41, 5.74) is 4.95. The zero-order chi connectivity index (χ0) is 21.4. The van der Waals surface area contributed by atoms with Crippen LogP contribution in [0.25, 0.3) is 0 Å². The van der Waals surface area contributed by atoms with Gasteiger partial charge in [-0.25, -0.2) is 4.79 Å². The Hall–Kier alpha value is -2.92. The number of thiophene rings is 1. The zero-order valence-electron chi connectivity index (χ0n) is 17.5. The molecule has 5 rings (SSSR count). The van der Waals surface area contributed by atoms with E-state index in [1.165, 1.54) is 16.0 Å². The maximum atomic E-state index is 13.1. The van der Waals surface area contributed by atoms with Gasteiger partial charge in [0, 0.05) is 10.4 Å². The van der Waals surface area contributed by atoms with Gasteiger partial charge in [0.15, 0.2) is 0 Å². The number of amides is 1. The van der Waals surface area contributed by atoms with Crippen LogP contribution in [0.3, 0.4) is 0 Å². The molecule has 1 heterocycles. The Bertz CT molecular complexity index is 1110. The molecule has 0 atom stereocenters. The van der Waals surface area contributed by atoms with Crippen molar-refractivity contribution in [2.75, 3.05) is 11.9 Å². The second-order valence-electron chi connectivity index (χ2n) is 8.27. The highest BCUT2D eigenvalue weighted by Crippen LogP contribution is 2.53. The summed E-state index contributed by atoms with van der Waals surface area (Å²) in [7, 11) is 0. The molecule has 1 saturated carbocycles. The highest BCUT2D eigenvalue weighted by Gasteiger charge is 2.38. The van der Waals surface area contributed by atoms with Crippen molar-refractivity contribution in [3.63, 3.8) is 0 Å². The quantitative estimate of drug-likeness (QED) is 0.492. The molecule has 3 aromatic rings. The summed E-state index contributed by atoms with van der Waals surface area (Å²) < 4.78 is 5.46. The van der Waals surface area contributed by atoms with Gasteiger partial charge in [-0.05, 0) is 73.3 Å². The molecular weight excluding hydrogens is 406 g/mol. The number of rotatable bonds is 6. The van der Waals surface area contributed by atoms with Crippen molar-refractivity contribution in [1.29, 1.82) is 0 Å². The van der Waals surface area contributed by atoms with E-state index >= 15 is 0 Å². The van der Waals surface area contributed by atoms with Gasteiger partial charge in [0.2, 0.25) is 0 Å². The number of carbonyl (C=O) groups excluding carboxylic acids is 2. The summed E-state index contributed by atoms with van der Waals surface area (Å²) >= 11 is 1.57. The molecule has 0 saturated heterocycles. The third-order valence-corrected chi connectivity index (χ3v) is 7.41. The molecule has 0 radical (unpaired) electrons. The summed E-state index contributed by atoms with van der Waals surface area (Å²) in [5.74, 6) is 0.196. The van der Waals surface area contributed by atoms with Crippen LogP contribution in [-0.4, -0.2) is 18.5 Å². The van der Waals surface area contributed by atoms with E-state index in [1.54, 1.807) is 23.5 Å². The smallest absolute Gasteiger partial charge is 0.341 e.